The van der Waals surface area contributed by atoms with Crippen molar-refractivity contribution >= 4 is 17.7 Å². The first-order valence-corrected chi connectivity index (χ1v) is 9.57. The summed E-state index contributed by atoms with van der Waals surface area (Å²) in [4.78, 5) is 4.15. The number of aryl methyl sites for hydroxylation is 1. The summed E-state index contributed by atoms with van der Waals surface area (Å²) < 4.78 is 8.38. The summed E-state index contributed by atoms with van der Waals surface area (Å²) in [5.41, 5.74) is 2.15. The van der Waals surface area contributed by atoms with E-state index in [0.717, 1.165) is 24.4 Å². The second-order valence-corrected chi connectivity index (χ2v) is 7.37. The van der Waals surface area contributed by atoms with Gasteiger partial charge < -0.3 is 9.30 Å². The number of benzene rings is 2. The molecule has 0 amide bonds. The molecule has 0 bridgehead atoms. The van der Waals surface area contributed by atoms with E-state index in [-0.39, 0.29) is 5.60 Å². The van der Waals surface area contributed by atoms with Gasteiger partial charge in [-0.1, -0.05) is 66.2 Å². The Kier molecular flexibility index (Phi) is 6.86. The number of hydrogen-bond acceptors (Lipinski definition) is 2. The van der Waals surface area contributed by atoms with E-state index in [4.69, 9.17) is 16.3 Å². The van der Waals surface area contributed by atoms with Crippen molar-refractivity contribution in [2.45, 2.75) is 31.9 Å². The lowest BCUT2D eigenvalue weighted by molar-refractivity contribution is -0.0350. The van der Waals surface area contributed by atoms with E-state index in [1.54, 1.807) is 6.20 Å². The Morgan fingerprint density at radius 2 is 1.89 bits per heavy atom. The Morgan fingerprint density at radius 3 is 2.59 bits per heavy atom. The molecule has 0 aliphatic heterocycles. The van der Waals surface area contributed by atoms with Crippen LogP contribution < -0.4 is 0 Å². The molecule has 0 saturated carbocycles. The van der Waals surface area contributed by atoms with Crippen LogP contribution in [0, 0.1) is 0 Å². The van der Waals surface area contributed by atoms with Crippen LogP contribution in [0.4, 0.5) is 0 Å². The minimum absolute atomic E-state index is 0.290. The zero-order valence-electron chi connectivity index (χ0n) is 15.6. The quantitative estimate of drug-likeness (QED) is 0.479. The van der Waals surface area contributed by atoms with E-state index in [0.29, 0.717) is 6.61 Å². The molecule has 0 saturated heterocycles. The number of rotatable bonds is 9. The van der Waals surface area contributed by atoms with Gasteiger partial charge in [0.05, 0.1) is 25.1 Å². The highest BCUT2D eigenvalue weighted by Gasteiger charge is 2.25. The zero-order chi connectivity index (χ0) is 19.0. The van der Waals surface area contributed by atoms with Crippen molar-refractivity contribution in [3.05, 3.63) is 95.5 Å². The maximum absolute atomic E-state index is 6.31. The van der Waals surface area contributed by atoms with Gasteiger partial charge >= 0.3 is 0 Å². The fourth-order valence-corrected chi connectivity index (χ4v) is 3.15. The van der Waals surface area contributed by atoms with Crippen LogP contribution in [0.2, 0.25) is 5.02 Å². The number of hydrogen-bond donors (Lipinski definition) is 0. The lowest BCUT2D eigenvalue weighted by Gasteiger charge is -2.30. The second-order valence-electron chi connectivity index (χ2n) is 6.94. The van der Waals surface area contributed by atoms with Crippen molar-refractivity contribution in [1.82, 2.24) is 9.55 Å². The summed E-state index contributed by atoms with van der Waals surface area (Å²) >= 11 is 5.99. The standard InChI is InChI=1S/C23H25ClN2O/c1-23(18-26-16-15-25-19-26,14-13-21-9-11-22(24)12-10-21)27-17-5-8-20-6-3-2-4-7-20/h2-12,15-16,19H,13-14,17-18H2,1H3/b8-5+. The molecule has 140 valence electrons. The van der Waals surface area contributed by atoms with Crippen LogP contribution in [0.25, 0.3) is 6.08 Å². The average molecular weight is 381 g/mol. The minimum Gasteiger partial charge on any atom is -0.369 e. The Bertz CT molecular complexity index is 829. The van der Waals surface area contributed by atoms with Crippen LogP contribution in [-0.2, 0) is 17.7 Å². The molecular formula is C23H25ClN2O. The van der Waals surface area contributed by atoms with Gasteiger partial charge in [-0.15, -0.1) is 0 Å². The Labute approximate surface area is 166 Å². The van der Waals surface area contributed by atoms with E-state index in [9.17, 15) is 0 Å². The van der Waals surface area contributed by atoms with Crippen molar-refractivity contribution in [2.75, 3.05) is 6.61 Å². The monoisotopic (exact) mass is 380 g/mol. The first kappa shape index (κ1) is 19.4. The lowest BCUT2D eigenvalue weighted by atomic mass is 9.96. The maximum Gasteiger partial charge on any atom is 0.0946 e. The van der Waals surface area contributed by atoms with Gasteiger partial charge in [0.1, 0.15) is 0 Å². The van der Waals surface area contributed by atoms with Gasteiger partial charge in [0, 0.05) is 17.4 Å². The molecule has 0 aliphatic carbocycles. The Hall–Kier alpha value is -2.36. The third kappa shape index (κ3) is 6.38. The molecule has 1 atom stereocenters. The van der Waals surface area contributed by atoms with E-state index >= 15 is 0 Å². The first-order chi connectivity index (χ1) is 13.1. The van der Waals surface area contributed by atoms with Gasteiger partial charge in [0.15, 0.2) is 0 Å². The highest BCUT2D eigenvalue weighted by atomic mass is 35.5. The summed E-state index contributed by atoms with van der Waals surface area (Å²) in [6.45, 7) is 3.50. The summed E-state index contributed by atoms with van der Waals surface area (Å²) in [6, 6.07) is 18.3. The van der Waals surface area contributed by atoms with Crippen molar-refractivity contribution in [1.29, 1.82) is 0 Å². The van der Waals surface area contributed by atoms with Crippen molar-refractivity contribution in [2.24, 2.45) is 0 Å². The first-order valence-electron chi connectivity index (χ1n) is 9.19. The van der Waals surface area contributed by atoms with Crippen LogP contribution in [0.3, 0.4) is 0 Å². The van der Waals surface area contributed by atoms with Crippen molar-refractivity contribution in [3.63, 3.8) is 0 Å². The van der Waals surface area contributed by atoms with Gasteiger partial charge in [0.25, 0.3) is 0 Å². The molecule has 1 unspecified atom stereocenters. The van der Waals surface area contributed by atoms with Gasteiger partial charge in [-0.25, -0.2) is 4.98 Å². The molecular weight excluding hydrogens is 356 g/mol. The van der Waals surface area contributed by atoms with Crippen LogP contribution in [0.5, 0.6) is 0 Å². The summed E-state index contributed by atoms with van der Waals surface area (Å²) in [5.74, 6) is 0. The topological polar surface area (TPSA) is 27.1 Å². The highest BCUT2D eigenvalue weighted by Crippen LogP contribution is 2.22. The van der Waals surface area contributed by atoms with E-state index in [1.807, 2.05) is 42.9 Å². The fourth-order valence-electron chi connectivity index (χ4n) is 3.02. The third-order valence-electron chi connectivity index (χ3n) is 4.57. The van der Waals surface area contributed by atoms with Crippen LogP contribution in [0.1, 0.15) is 24.5 Å². The molecule has 27 heavy (non-hydrogen) atoms. The van der Waals surface area contributed by atoms with Crippen LogP contribution in [-0.4, -0.2) is 21.8 Å². The molecule has 0 N–H and O–H groups in total. The van der Waals surface area contributed by atoms with E-state index < -0.39 is 0 Å². The molecule has 1 aromatic heterocycles. The molecule has 4 heteroatoms. The van der Waals surface area contributed by atoms with Crippen molar-refractivity contribution < 1.29 is 4.74 Å². The molecule has 2 aromatic carbocycles. The SMILES string of the molecule is CC(CCc1ccc(Cl)cc1)(Cn1ccnc1)OC/C=C/c1ccccc1. The maximum atomic E-state index is 6.31. The summed E-state index contributed by atoms with van der Waals surface area (Å²) in [5, 5.41) is 0.766. The molecule has 3 aromatic rings. The van der Waals surface area contributed by atoms with E-state index in [1.165, 1.54) is 11.1 Å². The van der Waals surface area contributed by atoms with Gasteiger partial charge in [0.2, 0.25) is 0 Å². The normalized spacial score (nSPS) is 13.7. The molecule has 0 spiro atoms. The summed E-state index contributed by atoms with van der Waals surface area (Å²) in [6.07, 6.45) is 11.6. The molecule has 1 heterocycles. The fraction of sp³-hybridized carbons (Fsp3) is 0.261. The molecule has 0 radical (unpaired) electrons. The number of ether oxygens (including phenoxy) is 1. The predicted octanol–water partition coefficient (Wildman–Crippen LogP) is 5.66. The number of aromatic nitrogens is 2. The Morgan fingerprint density at radius 1 is 1.11 bits per heavy atom. The smallest absolute Gasteiger partial charge is 0.0946 e. The molecule has 3 rings (SSSR count). The third-order valence-corrected chi connectivity index (χ3v) is 4.82. The molecule has 0 fully saturated rings. The largest absolute Gasteiger partial charge is 0.369 e. The predicted molar refractivity (Wildman–Crippen MR) is 112 cm³/mol. The zero-order valence-corrected chi connectivity index (χ0v) is 16.3. The lowest BCUT2D eigenvalue weighted by Crippen LogP contribution is -2.34. The summed E-state index contributed by atoms with van der Waals surface area (Å²) in [7, 11) is 0. The highest BCUT2D eigenvalue weighted by molar-refractivity contribution is 6.30. The minimum atomic E-state index is -0.290. The number of imidazole rings is 1. The molecule has 0 aliphatic rings. The number of nitrogens with zero attached hydrogens (tertiary/aromatic N) is 2. The van der Waals surface area contributed by atoms with Crippen molar-refractivity contribution in [3.8, 4) is 0 Å². The van der Waals surface area contributed by atoms with Gasteiger partial charge in [-0.05, 0) is 43.0 Å². The number of halogens is 1. The Balaban J connectivity index is 1.61. The van der Waals surface area contributed by atoms with Crippen LogP contribution in [0.15, 0.2) is 79.4 Å². The molecule has 3 nitrogen and oxygen atoms in total. The van der Waals surface area contributed by atoms with Crippen LogP contribution >= 0.6 is 11.6 Å². The second kappa shape index (κ2) is 9.54. The van der Waals surface area contributed by atoms with E-state index in [2.05, 4.69) is 52.9 Å². The van der Waals surface area contributed by atoms with Gasteiger partial charge in [-0.2, -0.15) is 0 Å². The average Bonchev–Trinajstić information content (AvgIpc) is 3.19. The van der Waals surface area contributed by atoms with Gasteiger partial charge in [-0.3, -0.25) is 0 Å².